The molecular formula is C63H96O6. The molecule has 0 unspecified atom stereocenters. The van der Waals surface area contributed by atoms with Crippen LogP contribution in [0.2, 0.25) is 0 Å². The van der Waals surface area contributed by atoms with Gasteiger partial charge in [0.25, 0.3) is 0 Å². The van der Waals surface area contributed by atoms with Gasteiger partial charge < -0.3 is 14.2 Å². The van der Waals surface area contributed by atoms with E-state index in [0.717, 1.165) is 122 Å². The van der Waals surface area contributed by atoms with Crippen LogP contribution in [0, 0.1) is 0 Å². The van der Waals surface area contributed by atoms with Gasteiger partial charge in [-0.25, -0.2) is 0 Å². The fraction of sp³-hybridized carbons (Fsp3) is 0.540. The molecule has 0 rings (SSSR count). The molecule has 0 saturated heterocycles. The van der Waals surface area contributed by atoms with Gasteiger partial charge in [0, 0.05) is 19.3 Å². The van der Waals surface area contributed by atoms with Crippen LogP contribution in [0.5, 0.6) is 0 Å². The maximum Gasteiger partial charge on any atom is 0.306 e. The van der Waals surface area contributed by atoms with Gasteiger partial charge in [0.05, 0.1) is 0 Å². The maximum absolute atomic E-state index is 12.8. The zero-order valence-corrected chi connectivity index (χ0v) is 43.8. The molecule has 6 heteroatoms. The molecule has 0 aliphatic heterocycles. The summed E-state index contributed by atoms with van der Waals surface area (Å²) in [7, 11) is 0. The normalized spacial score (nSPS) is 13.4. The molecule has 1 atom stereocenters. The molecule has 0 radical (unpaired) electrons. The minimum absolute atomic E-state index is 0.137. The molecule has 0 spiro atoms. The first-order chi connectivity index (χ1) is 34.0. The fourth-order valence-corrected chi connectivity index (χ4v) is 6.52. The van der Waals surface area contributed by atoms with Crippen LogP contribution in [0.3, 0.4) is 0 Å². The van der Waals surface area contributed by atoms with Gasteiger partial charge in [-0.05, 0) is 135 Å². The first kappa shape index (κ1) is 64.0. The summed E-state index contributed by atoms with van der Waals surface area (Å²) in [6, 6.07) is 0. The van der Waals surface area contributed by atoms with E-state index in [4.69, 9.17) is 14.2 Å². The number of carbonyl (C=O) groups is 3. The van der Waals surface area contributed by atoms with E-state index >= 15 is 0 Å². The molecule has 0 amide bonds. The third-order valence-corrected chi connectivity index (χ3v) is 10.5. The minimum Gasteiger partial charge on any atom is -0.462 e. The van der Waals surface area contributed by atoms with Gasteiger partial charge in [-0.3, -0.25) is 14.4 Å². The van der Waals surface area contributed by atoms with Crippen molar-refractivity contribution in [3.63, 3.8) is 0 Å². The van der Waals surface area contributed by atoms with Crippen molar-refractivity contribution in [1.82, 2.24) is 0 Å². The van der Waals surface area contributed by atoms with E-state index in [0.29, 0.717) is 19.3 Å². The second-order valence-corrected chi connectivity index (χ2v) is 17.0. The number of allylic oxidation sites excluding steroid dienone is 26. The van der Waals surface area contributed by atoms with E-state index in [2.05, 4.69) is 167 Å². The lowest BCUT2D eigenvalue weighted by atomic mass is 10.1. The molecule has 6 nitrogen and oxygen atoms in total. The van der Waals surface area contributed by atoms with Crippen molar-refractivity contribution in [3.8, 4) is 0 Å². The predicted molar refractivity (Wildman–Crippen MR) is 297 cm³/mol. The summed E-state index contributed by atoms with van der Waals surface area (Å²) in [5.74, 6) is -1.10. The Morgan fingerprint density at radius 2 is 0.594 bits per heavy atom. The quantitative estimate of drug-likeness (QED) is 0.0262. The predicted octanol–water partition coefficient (Wildman–Crippen LogP) is 18.2. The number of carbonyl (C=O) groups excluding carboxylic acids is 3. The summed E-state index contributed by atoms with van der Waals surface area (Å²) in [6.45, 7) is 6.23. The van der Waals surface area contributed by atoms with Crippen molar-refractivity contribution in [2.24, 2.45) is 0 Å². The van der Waals surface area contributed by atoms with E-state index in [1.165, 1.54) is 25.7 Å². The Balaban J connectivity index is 4.64. The third-order valence-electron chi connectivity index (χ3n) is 10.5. The van der Waals surface area contributed by atoms with Gasteiger partial charge in [-0.15, -0.1) is 0 Å². The zero-order valence-electron chi connectivity index (χ0n) is 43.8. The molecule has 0 aromatic rings. The van der Waals surface area contributed by atoms with Crippen LogP contribution in [0.1, 0.15) is 201 Å². The topological polar surface area (TPSA) is 78.9 Å². The Hall–Kier alpha value is -4.97. The Kier molecular flexibility index (Phi) is 51.6. The van der Waals surface area contributed by atoms with Crippen molar-refractivity contribution in [1.29, 1.82) is 0 Å². The molecular weight excluding hydrogens is 853 g/mol. The van der Waals surface area contributed by atoms with Gasteiger partial charge in [-0.1, -0.05) is 204 Å². The molecule has 0 bridgehead atoms. The molecule has 0 aromatic carbocycles. The van der Waals surface area contributed by atoms with Gasteiger partial charge in [-0.2, -0.15) is 0 Å². The second-order valence-electron chi connectivity index (χ2n) is 17.0. The molecule has 384 valence electrons. The first-order valence-electron chi connectivity index (χ1n) is 27.0. The van der Waals surface area contributed by atoms with Crippen LogP contribution < -0.4 is 0 Å². The Bertz CT molecular complexity index is 1610. The van der Waals surface area contributed by atoms with E-state index in [1.807, 2.05) is 12.2 Å². The summed E-state index contributed by atoms with van der Waals surface area (Å²) in [4.78, 5) is 38.0. The highest BCUT2D eigenvalue weighted by Crippen LogP contribution is 2.10. The number of esters is 3. The number of ether oxygens (including phenoxy) is 3. The molecule has 0 aliphatic carbocycles. The lowest BCUT2D eigenvalue weighted by Crippen LogP contribution is -2.30. The smallest absolute Gasteiger partial charge is 0.306 e. The van der Waals surface area contributed by atoms with Crippen LogP contribution in [-0.2, 0) is 28.6 Å². The van der Waals surface area contributed by atoms with Crippen molar-refractivity contribution in [2.75, 3.05) is 13.2 Å². The van der Waals surface area contributed by atoms with Gasteiger partial charge >= 0.3 is 17.9 Å². The average molecular weight is 949 g/mol. The number of hydrogen-bond donors (Lipinski definition) is 0. The Labute approximate surface area is 422 Å². The summed E-state index contributed by atoms with van der Waals surface area (Å²) in [5, 5.41) is 0. The molecule has 69 heavy (non-hydrogen) atoms. The average Bonchev–Trinajstić information content (AvgIpc) is 3.35. The van der Waals surface area contributed by atoms with E-state index in [9.17, 15) is 14.4 Å². The standard InChI is InChI=1S/C63H96O6/c1-4-7-10-13-16-19-22-25-28-30-31-33-36-38-41-44-47-50-53-56-62(65)68-59-60(69-63(66)57-54-51-48-45-42-39-34-27-24-21-18-15-12-9-6-3)58-67-61(64)55-52-49-46-43-40-37-35-32-29-26-23-20-17-14-11-8-5-2/h7,9-10,12,16-21,25-29,31,33-35,37-38,41-42,45,47,50,60H,4-6,8,11,13-15,22-24,30,32,36,39-40,43-44,46,48-49,51-59H2,1-3H3/b10-7-,12-9-,19-16-,20-17-,21-18-,28-25-,29-26-,33-31-,34-27-,37-35-,41-38-,45-42-,50-47-/t60-/m0/s1. The monoisotopic (exact) mass is 949 g/mol. The van der Waals surface area contributed by atoms with E-state index < -0.39 is 6.10 Å². The van der Waals surface area contributed by atoms with Crippen molar-refractivity contribution in [3.05, 3.63) is 158 Å². The van der Waals surface area contributed by atoms with Crippen molar-refractivity contribution >= 4 is 17.9 Å². The largest absolute Gasteiger partial charge is 0.462 e. The van der Waals surface area contributed by atoms with Crippen LogP contribution in [0.4, 0.5) is 0 Å². The van der Waals surface area contributed by atoms with Gasteiger partial charge in [0.15, 0.2) is 6.10 Å². The lowest BCUT2D eigenvalue weighted by molar-refractivity contribution is -0.166. The summed E-state index contributed by atoms with van der Waals surface area (Å²) >= 11 is 0. The van der Waals surface area contributed by atoms with Gasteiger partial charge in [0.1, 0.15) is 13.2 Å². The number of unbranched alkanes of at least 4 members (excludes halogenated alkanes) is 9. The number of hydrogen-bond acceptors (Lipinski definition) is 6. The molecule has 0 aromatic heterocycles. The Morgan fingerprint density at radius 3 is 0.986 bits per heavy atom. The fourth-order valence-electron chi connectivity index (χ4n) is 6.52. The van der Waals surface area contributed by atoms with Crippen LogP contribution >= 0.6 is 0 Å². The maximum atomic E-state index is 12.8. The third kappa shape index (κ3) is 53.8. The molecule has 0 N–H and O–H groups in total. The molecule has 0 heterocycles. The highest BCUT2D eigenvalue weighted by atomic mass is 16.6. The summed E-state index contributed by atoms with van der Waals surface area (Å²) in [6.07, 6.45) is 81.0. The highest BCUT2D eigenvalue weighted by molar-refractivity contribution is 5.71. The number of rotatable bonds is 46. The summed E-state index contributed by atoms with van der Waals surface area (Å²) in [5.41, 5.74) is 0. The van der Waals surface area contributed by atoms with Crippen molar-refractivity contribution < 1.29 is 28.6 Å². The first-order valence-corrected chi connectivity index (χ1v) is 27.0. The van der Waals surface area contributed by atoms with Crippen LogP contribution in [0.25, 0.3) is 0 Å². The molecule has 0 fully saturated rings. The lowest BCUT2D eigenvalue weighted by Gasteiger charge is -2.18. The van der Waals surface area contributed by atoms with E-state index in [1.54, 1.807) is 0 Å². The van der Waals surface area contributed by atoms with Gasteiger partial charge in [0.2, 0.25) is 0 Å². The second kappa shape index (κ2) is 55.6. The minimum atomic E-state index is -0.848. The molecule has 0 saturated carbocycles. The molecule has 0 aliphatic rings. The summed E-state index contributed by atoms with van der Waals surface area (Å²) < 4.78 is 16.7. The Morgan fingerprint density at radius 1 is 0.304 bits per heavy atom. The van der Waals surface area contributed by atoms with Crippen LogP contribution in [0.15, 0.2) is 158 Å². The SMILES string of the molecule is CC/C=C\C/C=C\C/C=C\C/C=C\C/C=C\C/C=C\CCC(=O)OC[C@H](COC(=O)CCCCCC/C=C\C/C=C\C/C=C\CCCCC)OC(=O)CCCC/C=C\C/C=C\C/C=C\C/C=C\CC. The van der Waals surface area contributed by atoms with Crippen molar-refractivity contribution in [2.45, 2.75) is 207 Å². The highest BCUT2D eigenvalue weighted by Gasteiger charge is 2.19. The van der Waals surface area contributed by atoms with Crippen LogP contribution in [-0.4, -0.2) is 37.2 Å². The zero-order chi connectivity index (χ0) is 50.0. The van der Waals surface area contributed by atoms with E-state index in [-0.39, 0.29) is 44.0 Å².